The van der Waals surface area contributed by atoms with Gasteiger partial charge in [-0.2, -0.15) is 15.1 Å². The summed E-state index contributed by atoms with van der Waals surface area (Å²) >= 11 is 0. The van der Waals surface area contributed by atoms with Gasteiger partial charge < -0.3 is 15.2 Å². The Morgan fingerprint density at radius 1 is 1.41 bits per heavy atom. The van der Waals surface area contributed by atoms with Crippen molar-refractivity contribution in [2.75, 3.05) is 13.7 Å². The van der Waals surface area contributed by atoms with E-state index in [2.05, 4.69) is 21.1 Å². The van der Waals surface area contributed by atoms with Crippen molar-refractivity contribution in [2.24, 2.45) is 5.73 Å². The molecule has 2 rings (SSSR count). The summed E-state index contributed by atoms with van der Waals surface area (Å²) in [7, 11) is 1.55. The lowest BCUT2D eigenvalue weighted by molar-refractivity contribution is 0.0994. The fraction of sp³-hybridized carbons (Fsp3) is 0.429. The smallest absolute Gasteiger partial charge is 0.269 e. The maximum absolute atomic E-state index is 10.9. The molecule has 0 bridgehead atoms. The van der Waals surface area contributed by atoms with Gasteiger partial charge in [0.2, 0.25) is 11.8 Å². The van der Waals surface area contributed by atoms with Gasteiger partial charge in [0.25, 0.3) is 5.91 Å². The molecule has 22 heavy (non-hydrogen) atoms. The number of aryl methyl sites for hydroxylation is 2. The Morgan fingerprint density at radius 3 is 2.82 bits per heavy atom. The third-order valence-corrected chi connectivity index (χ3v) is 2.83. The first kappa shape index (κ1) is 15.7. The summed E-state index contributed by atoms with van der Waals surface area (Å²) in [4.78, 5) is 19.5. The number of nitrogens with two attached hydrogens (primary N) is 1. The Bertz CT molecular complexity index is 641. The summed E-state index contributed by atoms with van der Waals surface area (Å²) in [6.45, 7) is 3.02. The number of carbonyl (C=O) groups excluding carboxylic acids is 1. The SMILES string of the molecule is CCOc1cc(OC)nc(CCCn2c[c]c(C(N)=O)n2)n1. The van der Waals surface area contributed by atoms with Crippen molar-refractivity contribution in [3.05, 3.63) is 29.8 Å². The average molecular weight is 304 g/mol. The first-order valence-corrected chi connectivity index (χ1v) is 6.92. The standard InChI is InChI=1S/C14H18N5O3/c1-3-22-13-9-12(21-2)16-11(17-13)5-4-7-19-8-6-10(18-19)14(15)20/h8-9H,3-5,7H2,1-2H3,(H2,15,20). The predicted octanol–water partition coefficient (Wildman–Crippen LogP) is 0.612. The number of methoxy groups -OCH3 is 1. The van der Waals surface area contributed by atoms with Crippen LogP contribution in [-0.4, -0.2) is 39.4 Å². The fourth-order valence-electron chi connectivity index (χ4n) is 1.84. The van der Waals surface area contributed by atoms with Crippen LogP contribution in [0.4, 0.5) is 0 Å². The van der Waals surface area contributed by atoms with E-state index in [1.165, 1.54) is 0 Å². The fourth-order valence-corrected chi connectivity index (χ4v) is 1.84. The number of carbonyl (C=O) groups is 1. The van der Waals surface area contributed by atoms with Crippen LogP contribution in [0, 0.1) is 6.07 Å². The first-order valence-electron chi connectivity index (χ1n) is 6.92. The molecule has 0 saturated heterocycles. The van der Waals surface area contributed by atoms with Crippen molar-refractivity contribution in [3.63, 3.8) is 0 Å². The maximum atomic E-state index is 10.9. The second kappa shape index (κ2) is 7.39. The molecule has 0 atom stereocenters. The molecule has 1 amide bonds. The zero-order valence-electron chi connectivity index (χ0n) is 12.6. The minimum atomic E-state index is -0.587. The van der Waals surface area contributed by atoms with Gasteiger partial charge in [-0.05, 0) is 13.3 Å². The Kier molecular flexibility index (Phi) is 5.29. The number of primary amides is 1. The molecule has 0 aromatic carbocycles. The van der Waals surface area contributed by atoms with Crippen LogP contribution < -0.4 is 15.2 Å². The van der Waals surface area contributed by atoms with Crippen LogP contribution in [0.3, 0.4) is 0 Å². The average Bonchev–Trinajstić information content (AvgIpc) is 2.96. The second-order valence-corrected chi connectivity index (χ2v) is 4.45. The number of amides is 1. The molecule has 0 aliphatic rings. The molecule has 2 aromatic rings. The highest BCUT2D eigenvalue weighted by molar-refractivity contribution is 5.90. The lowest BCUT2D eigenvalue weighted by Gasteiger charge is -2.07. The van der Waals surface area contributed by atoms with Crippen molar-refractivity contribution in [1.29, 1.82) is 0 Å². The van der Waals surface area contributed by atoms with Crippen LogP contribution >= 0.6 is 0 Å². The lowest BCUT2D eigenvalue weighted by Crippen LogP contribution is -2.13. The molecule has 2 aromatic heterocycles. The summed E-state index contributed by atoms with van der Waals surface area (Å²) in [5.41, 5.74) is 5.27. The minimum Gasteiger partial charge on any atom is -0.481 e. The van der Waals surface area contributed by atoms with Crippen molar-refractivity contribution in [2.45, 2.75) is 26.3 Å². The van der Waals surface area contributed by atoms with Gasteiger partial charge in [-0.3, -0.25) is 9.48 Å². The number of hydrogen-bond acceptors (Lipinski definition) is 6. The number of aromatic nitrogens is 4. The van der Waals surface area contributed by atoms with E-state index < -0.39 is 5.91 Å². The van der Waals surface area contributed by atoms with E-state index in [1.54, 1.807) is 24.1 Å². The van der Waals surface area contributed by atoms with Gasteiger partial charge >= 0.3 is 0 Å². The molecule has 0 aliphatic heterocycles. The normalized spacial score (nSPS) is 10.5. The van der Waals surface area contributed by atoms with Crippen molar-refractivity contribution < 1.29 is 14.3 Å². The summed E-state index contributed by atoms with van der Waals surface area (Å²) in [6.07, 6.45) is 2.97. The summed E-state index contributed by atoms with van der Waals surface area (Å²) in [5.74, 6) is 1.01. The molecular weight excluding hydrogens is 286 g/mol. The molecule has 0 saturated carbocycles. The molecule has 117 valence electrons. The van der Waals surface area contributed by atoms with Gasteiger partial charge in [-0.1, -0.05) is 0 Å². The quantitative estimate of drug-likeness (QED) is 0.766. The number of rotatable bonds is 8. The molecule has 0 aliphatic carbocycles. The van der Waals surface area contributed by atoms with E-state index in [0.29, 0.717) is 37.2 Å². The molecule has 2 N–H and O–H groups in total. The Balaban J connectivity index is 1.95. The van der Waals surface area contributed by atoms with Crippen molar-refractivity contribution >= 4 is 5.91 Å². The lowest BCUT2D eigenvalue weighted by atomic mass is 10.3. The van der Waals surface area contributed by atoms with Crippen molar-refractivity contribution in [1.82, 2.24) is 19.7 Å². The highest BCUT2D eigenvalue weighted by Gasteiger charge is 2.08. The van der Waals surface area contributed by atoms with Crippen LogP contribution in [0.25, 0.3) is 0 Å². The molecule has 0 spiro atoms. The van der Waals surface area contributed by atoms with Gasteiger partial charge in [0.1, 0.15) is 5.82 Å². The third-order valence-electron chi connectivity index (χ3n) is 2.83. The van der Waals surface area contributed by atoms with Crippen LogP contribution in [0.15, 0.2) is 12.3 Å². The zero-order chi connectivity index (χ0) is 15.9. The second-order valence-electron chi connectivity index (χ2n) is 4.45. The van der Waals surface area contributed by atoms with E-state index in [9.17, 15) is 4.79 Å². The largest absolute Gasteiger partial charge is 0.481 e. The molecular formula is C14H18N5O3. The topological polar surface area (TPSA) is 105 Å². The van der Waals surface area contributed by atoms with Crippen LogP contribution in [0.2, 0.25) is 0 Å². The number of nitrogens with zero attached hydrogens (tertiary/aromatic N) is 4. The Morgan fingerprint density at radius 2 is 2.18 bits per heavy atom. The molecule has 0 fully saturated rings. The van der Waals surface area contributed by atoms with Crippen LogP contribution in [0.5, 0.6) is 11.8 Å². The third kappa shape index (κ3) is 4.18. The summed E-state index contributed by atoms with van der Waals surface area (Å²) in [5, 5.41) is 4.02. The van der Waals surface area contributed by atoms with E-state index in [0.717, 1.165) is 6.42 Å². The first-order chi connectivity index (χ1) is 10.6. The van der Waals surface area contributed by atoms with Crippen LogP contribution in [0.1, 0.15) is 29.7 Å². The minimum absolute atomic E-state index is 0.135. The molecule has 2 heterocycles. The molecule has 8 nitrogen and oxygen atoms in total. The molecule has 0 unspecified atom stereocenters. The summed E-state index contributed by atoms with van der Waals surface area (Å²) < 4.78 is 12.1. The van der Waals surface area contributed by atoms with E-state index in [1.807, 2.05) is 6.92 Å². The highest BCUT2D eigenvalue weighted by atomic mass is 16.5. The monoisotopic (exact) mass is 304 g/mol. The maximum Gasteiger partial charge on any atom is 0.269 e. The predicted molar refractivity (Wildman–Crippen MR) is 77.7 cm³/mol. The van der Waals surface area contributed by atoms with Gasteiger partial charge in [0.15, 0.2) is 5.69 Å². The Labute approximate surface area is 128 Å². The highest BCUT2D eigenvalue weighted by Crippen LogP contribution is 2.16. The van der Waals surface area contributed by atoms with E-state index in [4.69, 9.17) is 15.2 Å². The molecule has 1 radical (unpaired) electrons. The van der Waals surface area contributed by atoms with E-state index >= 15 is 0 Å². The zero-order valence-corrected chi connectivity index (χ0v) is 12.6. The van der Waals surface area contributed by atoms with E-state index in [-0.39, 0.29) is 5.69 Å². The van der Waals surface area contributed by atoms with Crippen molar-refractivity contribution in [3.8, 4) is 11.8 Å². The van der Waals surface area contributed by atoms with Gasteiger partial charge in [-0.25, -0.2) is 0 Å². The summed E-state index contributed by atoms with van der Waals surface area (Å²) in [6, 6.07) is 4.35. The van der Waals surface area contributed by atoms with Crippen LogP contribution in [-0.2, 0) is 13.0 Å². The molecule has 8 heteroatoms. The number of hydrogen-bond donors (Lipinski definition) is 1. The van der Waals surface area contributed by atoms with Gasteiger partial charge in [-0.15, -0.1) is 0 Å². The van der Waals surface area contributed by atoms with Gasteiger partial charge in [0, 0.05) is 25.2 Å². The van der Waals surface area contributed by atoms with Gasteiger partial charge in [0.05, 0.1) is 19.8 Å². The number of ether oxygens (including phenoxy) is 2. The Hall–Kier alpha value is -2.64.